The van der Waals surface area contributed by atoms with Crippen molar-refractivity contribution in [3.05, 3.63) is 29.8 Å². The fraction of sp³-hybridized carbons (Fsp3) is 0.500. The number of hydrogen-bond acceptors (Lipinski definition) is 4. The van der Waals surface area contributed by atoms with Crippen molar-refractivity contribution in [2.45, 2.75) is 25.8 Å². The fourth-order valence-corrected chi connectivity index (χ4v) is 3.58. The van der Waals surface area contributed by atoms with E-state index in [0.29, 0.717) is 18.7 Å². The highest BCUT2D eigenvalue weighted by molar-refractivity contribution is 5.96. The van der Waals surface area contributed by atoms with Crippen molar-refractivity contribution >= 4 is 23.4 Å². The predicted octanol–water partition coefficient (Wildman–Crippen LogP) is 0.445. The zero-order valence-electron chi connectivity index (χ0n) is 14.5. The number of piperazine rings is 1. The number of primary amides is 1. The van der Waals surface area contributed by atoms with Crippen molar-refractivity contribution in [3.8, 4) is 0 Å². The summed E-state index contributed by atoms with van der Waals surface area (Å²) >= 11 is 0. The van der Waals surface area contributed by atoms with Gasteiger partial charge in [0.1, 0.15) is 6.04 Å². The Morgan fingerprint density at radius 3 is 2.44 bits per heavy atom. The van der Waals surface area contributed by atoms with Crippen molar-refractivity contribution < 1.29 is 14.4 Å². The van der Waals surface area contributed by atoms with E-state index in [1.807, 2.05) is 18.2 Å². The molecule has 0 aromatic heterocycles. The van der Waals surface area contributed by atoms with Crippen molar-refractivity contribution in [1.29, 1.82) is 0 Å². The molecule has 0 spiro atoms. The summed E-state index contributed by atoms with van der Waals surface area (Å²) < 4.78 is 0. The van der Waals surface area contributed by atoms with Gasteiger partial charge in [0.25, 0.3) is 5.91 Å². The lowest BCUT2D eigenvalue weighted by Crippen LogP contribution is -2.60. The Labute approximate surface area is 147 Å². The Bertz CT molecular complexity index is 685. The molecule has 2 aliphatic heterocycles. The summed E-state index contributed by atoms with van der Waals surface area (Å²) in [5.74, 6) is -0.916. The van der Waals surface area contributed by atoms with Gasteiger partial charge in [-0.15, -0.1) is 0 Å². The molecule has 0 unspecified atom stereocenters. The molecular formula is C18H24N4O3. The highest BCUT2D eigenvalue weighted by atomic mass is 16.2. The number of benzene rings is 1. The predicted molar refractivity (Wildman–Crippen MR) is 94.2 cm³/mol. The van der Waals surface area contributed by atoms with Crippen LogP contribution in [0.15, 0.2) is 24.3 Å². The van der Waals surface area contributed by atoms with Gasteiger partial charge < -0.3 is 20.4 Å². The minimum Gasteiger partial charge on any atom is -0.372 e. The number of nitrogens with zero attached hydrogens (tertiary/aromatic N) is 3. The number of amides is 3. The van der Waals surface area contributed by atoms with Crippen LogP contribution in [-0.2, 0) is 9.59 Å². The Balaban J connectivity index is 1.76. The number of carbonyl (C=O) groups excluding carboxylic acids is 3. The highest BCUT2D eigenvalue weighted by Crippen LogP contribution is 2.22. The first-order valence-corrected chi connectivity index (χ1v) is 8.68. The SMILES string of the molecule is CC(=O)N1CCN(C(=O)c2cccc(N3CCCC3)c2)C[C@H]1C(N)=O. The molecule has 0 aliphatic carbocycles. The molecule has 1 aromatic rings. The Hall–Kier alpha value is -2.57. The molecule has 2 aliphatic rings. The molecule has 3 rings (SSSR count). The molecule has 1 atom stereocenters. The van der Waals surface area contributed by atoms with Crippen LogP contribution >= 0.6 is 0 Å². The van der Waals surface area contributed by atoms with Gasteiger partial charge in [-0.1, -0.05) is 6.07 Å². The number of rotatable bonds is 3. The van der Waals surface area contributed by atoms with Gasteiger partial charge in [0.2, 0.25) is 11.8 Å². The Morgan fingerprint density at radius 1 is 1.08 bits per heavy atom. The third-order valence-electron chi connectivity index (χ3n) is 4.96. The molecule has 7 nitrogen and oxygen atoms in total. The van der Waals surface area contributed by atoms with E-state index >= 15 is 0 Å². The second kappa shape index (κ2) is 7.13. The first kappa shape index (κ1) is 17.3. The topological polar surface area (TPSA) is 87.0 Å². The van der Waals surface area contributed by atoms with E-state index in [2.05, 4.69) is 4.90 Å². The van der Waals surface area contributed by atoms with Crippen molar-refractivity contribution in [3.63, 3.8) is 0 Å². The van der Waals surface area contributed by atoms with Gasteiger partial charge in [-0.3, -0.25) is 14.4 Å². The van der Waals surface area contributed by atoms with Crippen LogP contribution in [0, 0.1) is 0 Å². The van der Waals surface area contributed by atoms with E-state index in [0.717, 1.165) is 18.8 Å². The van der Waals surface area contributed by atoms with E-state index < -0.39 is 11.9 Å². The van der Waals surface area contributed by atoms with Crippen LogP contribution in [0.1, 0.15) is 30.1 Å². The smallest absolute Gasteiger partial charge is 0.254 e. The lowest BCUT2D eigenvalue weighted by atomic mass is 10.1. The second-order valence-corrected chi connectivity index (χ2v) is 6.63. The quantitative estimate of drug-likeness (QED) is 0.862. The number of nitrogens with two attached hydrogens (primary N) is 1. The summed E-state index contributed by atoms with van der Waals surface area (Å²) in [4.78, 5) is 41.5. The minimum absolute atomic E-state index is 0.129. The second-order valence-electron chi connectivity index (χ2n) is 6.63. The van der Waals surface area contributed by atoms with Gasteiger partial charge in [-0.05, 0) is 31.0 Å². The maximum atomic E-state index is 12.9. The summed E-state index contributed by atoms with van der Waals surface area (Å²) in [5, 5.41) is 0. The molecule has 2 N–H and O–H groups in total. The zero-order valence-corrected chi connectivity index (χ0v) is 14.5. The lowest BCUT2D eigenvalue weighted by Gasteiger charge is -2.39. The van der Waals surface area contributed by atoms with Gasteiger partial charge >= 0.3 is 0 Å². The third kappa shape index (κ3) is 3.60. The largest absolute Gasteiger partial charge is 0.372 e. The lowest BCUT2D eigenvalue weighted by molar-refractivity contribution is -0.140. The maximum absolute atomic E-state index is 12.9. The van der Waals surface area contributed by atoms with Crippen molar-refractivity contribution in [1.82, 2.24) is 9.80 Å². The molecule has 2 fully saturated rings. The summed E-state index contributed by atoms with van der Waals surface area (Å²) in [7, 11) is 0. The minimum atomic E-state index is -0.767. The van der Waals surface area contributed by atoms with E-state index in [9.17, 15) is 14.4 Å². The van der Waals surface area contributed by atoms with Crippen LogP contribution in [0.25, 0.3) is 0 Å². The Kier molecular flexibility index (Phi) is 4.92. The fourth-order valence-electron chi connectivity index (χ4n) is 3.58. The standard InChI is InChI=1S/C18H24N4O3/c1-13(23)22-10-9-21(12-16(22)17(19)24)18(25)14-5-4-6-15(11-14)20-7-2-3-8-20/h4-6,11,16H,2-3,7-10,12H2,1H3,(H2,19,24)/t16-/m0/s1. The average Bonchev–Trinajstić information content (AvgIpc) is 3.15. The summed E-state index contributed by atoms with van der Waals surface area (Å²) in [6.45, 7) is 4.29. The maximum Gasteiger partial charge on any atom is 0.254 e. The van der Waals surface area contributed by atoms with Crippen LogP contribution < -0.4 is 10.6 Å². The molecular weight excluding hydrogens is 320 g/mol. The molecule has 0 radical (unpaired) electrons. The molecule has 0 saturated carbocycles. The highest BCUT2D eigenvalue weighted by Gasteiger charge is 2.34. The molecule has 2 heterocycles. The average molecular weight is 344 g/mol. The normalized spacial score (nSPS) is 20.7. The van der Waals surface area contributed by atoms with Crippen LogP contribution in [-0.4, -0.2) is 66.3 Å². The van der Waals surface area contributed by atoms with E-state index in [4.69, 9.17) is 5.73 Å². The molecule has 7 heteroatoms. The summed E-state index contributed by atoms with van der Waals surface area (Å²) in [6.07, 6.45) is 2.34. The summed E-state index contributed by atoms with van der Waals surface area (Å²) in [5.41, 5.74) is 7.08. The molecule has 25 heavy (non-hydrogen) atoms. The number of anilines is 1. The summed E-state index contributed by atoms with van der Waals surface area (Å²) in [6, 6.07) is 6.83. The Morgan fingerprint density at radius 2 is 1.80 bits per heavy atom. The van der Waals surface area contributed by atoms with Crippen molar-refractivity contribution in [2.75, 3.05) is 37.6 Å². The third-order valence-corrected chi connectivity index (χ3v) is 4.96. The van der Waals surface area contributed by atoms with Crippen LogP contribution in [0.5, 0.6) is 0 Å². The number of hydrogen-bond donors (Lipinski definition) is 1. The van der Waals surface area contributed by atoms with E-state index in [1.54, 1.807) is 11.0 Å². The molecule has 1 aromatic carbocycles. The van der Waals surface area contributed by atoms with Crippen LogP contribution in [0.3, 0.4) is 0 Å². The van der Waals surface area contributed by atoms with E-state index in [-0.39, 0.29) is 18.4 Å². The van der Waals surface area contributed by atoms with Crippen molar-refractivity contribution in [2.24, 2.45) is 5.73 Å². The molecule has 2 saturated heterocycles. The first-order valence-electron chi connectivity index (χ1n) is 8.68. The van der Waals surface area contributed by atoms with Gasteiger partial charge in [0.15, 0.2) is 0 Å². The van der Waals surface area contributed by atoms with Crippen LogP contribution in [0.4, 0.5) is 5.69 Å². The van der Waals surface area contributed by atoms with E-state index in [1.165, 1.54) is 24.7 Å². The molecule has 0 bridgehead atoms. The first-order chi connectivity index (χ1) is 12.0. The zero-order chi connectivity index (χ0) is 18.0. The van der Waals surface area contributed by atoms with Gasteiger partial charge in [0, 0.05) is 44.4 Å². The number of carbonyl (C=O) groups is 3. The molecule has 134 valence electrons. The van der Waals surface area contributed by atoms with Crippen LogP contribution in [0.2, 0.25) is 0 Å². The van der Waals surface area contributed by atoms with Gasteiger partial charge in [-0.2, -0.15) is 0 Å². The molecule has 3 amide bonds. The van der Waals surface area contributed by atoms with Gasteiger partial charge in [0.05, 0.1) is 6.54 Å². The van der Waals surface area contributed by atoms with Gasteiger partial charge in [-0.25, -0.2) is 0 Å². The monoisotopic (exact) mass is 344 g/mol.